The predicted molar refractivity (Wildman–Crippen MR) is 341 cm³/mol. The molecule has 10 aromatic rings. The molecule has 13 heteroatoms. The molecular weight excluding hydrogens is 1500 g/mol. The van der Waals surface area contributed by atoms with Crippen LogP contribution in [0.1, 0.15) is 47.4 Å². The van der Waals surface area contributed by atoms with Crippen molar-refractivity contribution in [2.45, 2.75) is 24.7 Å². The average Bonchev–Trinajstić information content (AvgIpc) is 1.98. The Morgan fingerprint density at radius 1 is 0.359 bits per heavy atom. The fourth-order valence-electron chi connectivity index (χ4n) is 11.9. The van der Waals surface area contributed by atoms with Crippen molar-refractivity contribution in [3.05, 3.63) is 263 Å². The molecule has 1 heterocycles. The summed E-state index contributed by atoms with van der Waals surface area (Å²) in [6.45, 7) is 3.42. The molecule has 0 saturated heterocycles. The molecule has 0 spiro atoms. The molecule has 0 atom stereocenters. The number of furan rings is 1. The molecule has 1 aromatic heterocycles. The maximum atomic E-state index is 17.1. The van der Waals surface area contributed by atoms with Crippen LogP contribution in [-0.2, 0) is 29.9 Å². The molecule has 9 aromatic carbocycles. The van der Waals surface area contributed by atoms with Gasteiger partial charge in [-0.1, -0.05) is 225 Å². The van der Waals surface area contributed by atoms with Crippen LogP contribution >= 0.6 is 127 Å². The molecule has 0 aliphatic heterocycles. The quantitative estimate of drug-likeness (QED) is 0.0901. The zero-order chi connectivity index (χ0) is 54.7. The van der Waals surface area contributed by atoms with Gasteiger partial charge < -0.3 is 13.9 Å². The lowest BCUT2D eigenvalue weighted by Crippen LogP contribution is -2.65. The monoisotopic (exact) mass is 1530 g/mol. The maximum absolute atomic E-state index is 17.1. The van der Waals surface area contributed by atoms with E-state index in [1.165, 1.54) is 0 Å². The summed E-state index contributed by atoms with van der Waals surface area (Å²) < 4.78 is 28.2. The van der Waals surface area contributed by atoms with E-state index >= 15 is 9.59 Å². The first-order valence-corrected chi connectivity index (χ1v) is 31.1. The Kier molecular flexibility index (Phi) is 15.8. The Labute approximate surface area is 519 Å². The SMILES string of the molecule is CCOC(=O)C1(C(=O)OCC)C(c2ccc(Br)cc2)(c2ccc(Br)cc2)c2oc3c(-c4ccc(Br)cc4)c(-c4ccc(Br)cc4)c(-c4ccc(Br)cc4)c(-c4ccc(Br)cc4)c3c2C1(c1ccc(Br)cc1)c1ccc(Br)cc1. The number of fused-ring (bicyclic) bond motifs is 3. The van der Waals surface area contributed by atoms with Gasteiger partial charge >= 0.3 is 11.9 Å². The van der Waals surface area contributed by atoms with Gasteiger partial charge in [0.15, 0.2) is 0 Å². The van der Waals surface area contributed by atoms with Crippen molar-refractivity contribution in [3.63, 3.8) is 0 Å². The van der Waals surface area contributed by atoms with Crippen LogP contribution in [0.4, 0.5) is 0 Å². The Morgan fingerprint density at radius 2 is 0.615 bits per heavy atom. The van der Waals surface area contributed by atoms with Gasteiger partial charge in [-0.25, -0.2) is 0 Å². The van der Waals surface area contributed by atoms with Crippen molar-refractivity contribution in [2.24, 2.45) is 5.41 Å². The molecule has 11 rings (SSSR count). The second-order valence-electron chi connectivity index (χ2n) is 18.8. The van der Waals surface area contributed by atoms with E-state index in [1.54, 1.807) is 13.8 Å². The fourth-order valence-corrected chi connectivity index (χ4v) is 14.0. The molecule has 1 aliphatic rings. The number of ether oxygens (including phenoxy) is 2. The van der Waals surface area contributed by atoms with Crippen LogP contribution in [0.15, 0.2) is 234 Å². The Balaban J connectivity index is 1.57. The fraction of sp³-hybridized carbons (Fsp3) is 0.108. The summed E-state index contributed by atoms with van der Waals surface area (Å²) in [5, 5.41) is 0.684. The van der Waals surface area contributed by atoms with E-state index < -0.39 is 28.2 Å². The molecule has 0 radical (unpaired) electrons. The normalized spacial score (nSPS) is 14.0. The second kappa shape index (κ2) is 22.3. The highest BCUT2D eigenvalue weighted by Gasteiger charge is 2.83. The molecule has 388 valence electrons. The van der Waals surface area contributed by atoms with E-state index in [0.29, 0.717) is 44.5 Å². The third kappa shape index (κ3) is 8.87. The Hall–Kier alpha value is -4.70. The van der Waals surface area contributed by atoms with Gasteiger partial charge in [0.2, 0.25) is 5.41 Å². The molecule has 78 heavy (non-hydrogen) atoms. The molecule has 1 aliphatic carbocycles. The number of benzene rings is 9. The zero-order valence-corrected chi connectivity index (χ0v) is 54.1. The summed E-state index contributed by atoms with van der Waals surface area (Å²) in [6, 6.07) is 64.9. The summed E-state index contributed by atoms with van der Waals surface area (Å²) >= 11 is 30.1. The third-order valence-corrected chi connectivity index (χ3v) is 19.0. The Morgan fingerprint density at radius 3 is 0.923 bits per heavy atom. The minimum atomic E-state index is -2.39. The zero-order valence-electron chi connectivity index (χ0n) is 41.5. The summed E-state index contributed by atoms with van der Waals surface area (Å²) in [5.41, 5.74) is 4.36. The van der Waals surface area contributed by atoms with E-state index in [2.05, 4.69) is 200 Å². The maximum Gasteiger partial charge on any atom is 0.326 e. The summed E-state index contributed by atoms with van der Waals surface area (Å²) in [6.07, 6.45) is 0. The topological polar surface area (TPSA) is 65.7 Å². The van der Waals surface area contributed by atoms with Gasteiger partial charge in [0, 0.05) is 63.4 Å². The number of halogens is 8. The summed E-state index contributed by atoms with van der Waals surface area (Å²) in [7, 11) is 0. The van der Waals surface area contributed by atoms with Gasteiger partial charge in [0.25, 0.3) is 0 Å². The van der Waals surface area contributed by atoms with Gasteiger partial charge in [-0.3, -0.25) is 9.59 Å². The number of hydrogen-bond acceptors (Lipinski definition) is 5. The van der Waals surface area contributed by atoms with Gasteiger partial charge in [0.1, 0.15) is 16.8 Å². The van der Waals surface area contributed by atoms with E-state index in [-0.39, 0.29) is 13.2 Å². The lowest BCUT2D eigenvalue weighted by molar-refractivity contribution is -0.179. The first kappa shape index (κ1) is 55.2. The van der Waals surface area contributed by atoms with Crippen molar-refractivity contribution in [2.75, 3.05) is 13.2 Å². The molecule has 0 saturated carbocycles. The molecule has 0 unspecified atom stereocenters. The van der Waals surface area contributed by atoms with Crippen LogP contribution in [0.5, 0.6) is 0 Å². The first-order chi connectivity index (χ1) is 37.7. The number of rotatable bonds is 12. The predicted octanol–water partition coefficient (Wildman–Crippen LogP) is 21.0. The average molecular weight is 1540 g/mol. The summed E-state index contributed by atoms with van der Waals surface area (Å²) in [5.74, 6) is -1.23. The van der Waals surface area contributed by atoms with Crippen LogP contribution in [0.25, 0.3) is 55.5 Å². The first-order valence-electron chi connectivity index (χ1n) is 24.8. The second-order valence-corrected chi connectivity index (χ2v) is 26.1. The standard InChI is InChI=1S/C65H42Br8O5/c1-3-76-61(74)65(62(75)77-4-2)63(41-13-29-49(70)30-14-41,42-15-31-50(71)32-16-42)58-57-55(39-9-25-47(68)26-10-39)53(37-5-21-45(66)22-6-37)54(38-7-23-46(67)24-8-38)56(40-11-27-48(69)28-12-40)59(57)78-60(58)64(65,43-17-33-51(72)34-18-43)44-19-35-52(73)36-20-44/h5-36H,3-4H2,1-2H3. The van der Waals surface area contributed by atoms with E-state index in [4.69, 9.17) is 13.9 Å². The van der Waals surface area contributed by atoms with Crippen LogP contribution in [0.3, 0.4) is 0 Å². The molecule has 0 fully saturated rings. The van der Waals surface area contributed by atoms with Crippen molar-refractivity contribution in [3.8, 4) is 44.5 Å². The Bertz CT molecular complexity index is 3790. The van der Waals surface area contributed by atoms with Crippen LogP contribution < -0.4 is 0 Å². The van der Waals surface area contributed by atoms with Crippen LogP contribution in [0.2, 0.25) is 0 Å². The van der Waals surface area contributed by atoms with Crippen molar-refractivity contribution in [1.82, 2.24) is 0 Å². The third-order valence-electron chi connectivity index (χ3n) is 14.8. The number of hydrogen-bond donors (Lipinski definition) is 0. The largest absolute Gasteiger partial charge is 0.465 e. The smallest absolute Gasteiger partial charge is 0.326 e. The molecule has 0 bridgehead atoms. The van der Waals surface area contributed by atoms with Crippen LogP contribution in [-0.4, -0.2) is 25.2 Å². The van der Waals surface area contributed by atoms with Gasteiger partial charge in [0.05, 0.1) is 18.6 Å². The molecular formula is C65H42Br8O5. The van der Waals surface area contributed by atoms with Crippen molar-refractivity contribution >= 4 is 150 Å². The number of esters is 2. The highest BCUT2D eigenvalue weighted by molar-refractivity contribution is 9.11. The van der Waals surface area contributed by atoms with Gasteiger partial charge in [-0.05, 0) is 161 Å². The summed E-state index contributed by atoms with van der Waals surface area (Å²) in [4.78, 5) is 34.1. The molecule has 0 N–H and O–H groups in total. The lowest BCUT2D eigenvalue weighted by atomic mass is 9.47. The number of carbonyl (C=O) groups is 2. The number of carbonyl (C=O) groups excluding carboxylic acids is 2. The van der Waals surface area contributed by atoms with E-state index in [9.17, 15) is 0 Å². The van der Waals surface area contributed by atoms with E-state index in [0.717, 1.165) is 80.3 Å². The highest BCUT2D eigenvalue weighted by Crippen LogP contribution is 2.75. The van der Waals surface area contributed by atoms with Crippen molar-refractivity contribution < 1.29 is 23.5 Å². The van der Waals surface area contributed by atoms with Crippen LogP contribution in [0, 0.1) is 5.41 Å². The lowest BCUT2D eigenvalue weighted by Gasteiger charge is -2.51. The minimum Gasteiger partial charge on any atom is -0.465 e. The molecule has 5 nitrogen and oxygen atoms in total. The highest BCUT2D eigenvalue weighted by atomic mass is 79.9. The van der Waals surface area contributed by atoms with Crippen molar-refractivity contribution in [1.29, 1.82) is 0 Å². The van der Waals surface area contributed by atoms with E-state index in [1.807, 2.05) is 121 Å². The molecule has 0 amide bonds. The van der Waals surface area contributed by atoms with Gasteiger partial charge in [-0.2, -0.15) is 0 Å². The minimum absolute atomic E-state index is 0.0578. The van der Waals surface area contributed by atoms with Gasteiger partial charge in [-0.15, -0.1) is 0 Å².